The highest BCUT2D eigenvalue weighted by Gasteiger charge is 2.43. The SMILES string of the molecule is CCc1ccccc1-c1cc2cc(NC(=O)[C@H]3C[C@@H]3C#N)ncc2c(N)n1. The first-order chi connectivity index (χ1) is 13.1. The van der Waals surface area contributed by atoms with Crippen LogP contribution in [0.5, 0.6) is 0 Å². The van der Waals surface area contributed by atoms with Crippen LogP contribution in [0.1, 0.15) is 18.9 Å². The summed E-state index contributed by atoms with van der Waals surface area (Å²) >= 11 is 0. The van der Waals surface area contributed by atoms with Crippen molar-refractivity contribution >= 4 is 28.3 Å². The second kappa shape index (κ2) is 6.69. The Morgan fingerprint density at radius 2 is 2.19 bits per heavy atom. The maximum absolute atomic E-state index is 12.2. The smallest absolute Gasteiger partial charge is 0.230 e. The first kappa shape index (κ1) is 17.0. The number of rotatable bonds is 4. The largest absolute Gasteiger partial charge is 0.383 e. The van der Waals surface area contributed by atoms with Gasteiger partial charge in [0.05, 0.1) is 23.6 Å². The van der Waals surface area contributed by atoms with E-state index in [2.05, 4.69) is 34.3 Å². The highest BCUT2D eigenvalue weighted by molar-refractivity contribution is 5.98. The van der Waals surface area contributed by atoms with Crippen molar-refractivity contribution in [1.29, 1.82) is 5.26 Å². The third-order valence-corrected chi connectivity index (χ3v) is 4.96. The van der Waals surface area contributed by atoms with Crippen LogP contribution in [0.3, 0.4) is 0 Å². The summed E-state index contributed by atoms with van der Waals surface area (Å²) in [6.07, 6.45) is 3.14. The second-order valence-electron chi connectivity index (χ2n) is 6.76. The molecule has 27 heavy (non-hydrogen) atoms. The highest BCUT2D eigenvalue weighted by atomic mass is 16.2. The van der Waals surface area contributed by atoms with Crippen LogP contribution in [0.25, 0.3) is 22.0 Å². The van der Waals surface area contributed by atoms with Crippen LogP contribution in [-0.2, 0) is 11.2 Å². The van der Waals surface area contributed by atoms with Gasteiger partial charge < -0.3 is 11.1 Å². The van der Waals surface area contributed by atoms with E-state index in [1.807, 2.05) is 24.3 Å². The number of nitrogens with two attached hydrogens (primary N) is 1. The maximum atomic E-state index is 12.2. The molecule has 6 heteroatoms. The Morgan fingerprint density at radius 3 is 2.93 bits per heavy atom. The minimum Gasteiger partial charge on any atom is -0.383 e. The molecule has 6 nitrogen and oxygen atoms in total. The van der Waals surface area contributed by atoms with Crippen molar-refractivity contribution in [1.82, 2.24) is 9.97 Å². The molecule has 0 saturated heterocycles. The lowest BCUT2D eigenvalue weighted by Gasteiger charge is -2.11. The van der Waals surface area contributed by atoms with Gasteiger partial charge in [-0.15, -0.1) is 0 Å². The van der Waals surface area contributed by atoms with E-state index in [1.165, 1.54) is 5.56 Å². The van der Waals surface area contributed by atoms with Crippen molar-refractivity contribution in [2.45, 2.75) is 19.8 Å². The Balaban J connectivity index is 1.70. The lowest BCUT2D eigenvalue weighted by Crippen LogP contribution is -2.15. The Hall–Kier alpha value is -3.46. The average Bonchev–Trinajstić information content (AvgIpc) is 3.47. The molecule has 0 bridgehead atoms. The van der Waals surface area contributed by atoms with Crippen LogP contribution in [-0.4, -0.2) is 15.9 Å². The standard InChI is InChI=1S/C21H19N5O/c1-2-12-5-3-4-6-15(12)18-8-13-9-19(24-11-17(13)20(23)25-18)26-21(27)16-7-14(16)10-22/h3-6,8-9,11,14,16H,2,7H2,1H3,(H2,23,25)(H,24,26,27)/t14-,16+/m1/s1. The van der Waals surface area contributed by atoms with Crippen LogP contribution in [0.4, 0.5) is 11.6 Å². The fourth-order valence-electron chi connectivity index (χ4n) is 3.31. The predicted molar refractivity (Wildman–Crippen MR) is 105 cm³/mol. The van der Waals surface area contributed by atoms with Crippen LogP contribution < -0.4 is 11.1 Å². The molecule has 1 aliphatic carbocycles. The fourth-order valence-corrected chi connectivity index (χ4v) is 3.31. The number of amides is 1. The van der Waals surface area contributed by atoms with Gasteiger partial charge in [0.1, 0.15) is 11.6 Å². The van der Waals surface area contributed by atoms with Gasteiger partial charge in [-0.05, 0) is 35.9 Å². The van der Waals surface area contributed by atoms with Gasteiger partial charge in [0.25, 0.3) is 0 Å². The number of pyridine rings is 2. The fraction of sp³-hybridized carbons (Fsp3) is 0.238. The molecule has 1 fully saturated rings. The van der Waals surface area contributed by atoms with E-state index in [0.29, 0.717) is 18.1 Å². The summed E-state index contributed by atoms with van der Waals surface area (Å²) in [7, 11) is 0. The zero-order valence-electron chi connectivity index (χ0n) is 14.9. The monoisotopic (exact) mass is 357 g/mol. The van der Waals surface area contributed by atoms with Gasteiger partial charge in [0.15, 0.2) is 0 Å². The maximum Gasteiger partial charge on any atom is 0.230 e. The lowest BCUT2D eigenvalue weighted by atomic mass is 10.0. The molecule has 3 aromatic rings. The Labute approximate surface area is 157 Å². The summed E-state index contributed by atoms with van der Waals surface area (Å²) < 4.78 is 0. The quantitative estimate of drug-likeness (QED) is 0.743. The molecule has 2 heterocycles. The molecule has 2 aromatic heterocycles. The van der Waals surface area contributed by atoms with E-state index in [-0.39, 0.29) is 17.7 Å². The number of fused-ring (bicyclic) bond motifs is 1. The average molecular weight is 357 g/mol. The Morgan fingerprint density at radius 1 is 1.37 bits per heavy atom. The summed E-state index contributed by atoms with van der Waals surface area (Å²) in [6.45, 7) is 2.10. The topological polar surface area (TPSA) is 105 Å². The predicted octanol–water partition coefficient (Wildman–Crippen LogP) is 3.54. The third-order valence-electron chi connectivity index (χ3n) is 4.96. The van der Waals surface area contributed by atoms with Gasteiger partial charge in [-0.1, -0.05) is 31.2 Å². The molecule has 134 valence electrons. The van der Waals surface area contributed by atoms with Crippen molar-refractivity contribution in [2.75, 3.05) is 11.1 Å². The summed E-state index contributed by atoms with van der Waals surface area (Å²) in [6, 6.07) is 14.0. The number of hydrogen-bond acceptors (Lipinski definition) is 5. The normalized spacial score (nSPS) is 18.1. The van der Waals surface area contributed by atoms with Crippen LogP contribution in [0.2, 0.25) is 0 Å². The highest BCUT2D eigenvalue weighted by Crippen LogP contribution is 2.38. The lowest BCUT2D eigenvalue weighted by molar-refractivity contribution is -0.117. The zero-order valence-corrected chi connectivity index (χ0v) is 14.9. The van der Waals surface area contributed by atoms with Gasteiger partial charge in [-0.25, -0.2) is 9.97 Å². The summed E-state index contributed by atoms with van der Waals surface area (Å²) in [5.74, 6) is 0.290. The number of nitrogen functional groups attached to an aromatic ring is 1. The van der Waals surface area contributed by atoms with Gasteiger partial charge in [0.2, 0.25) is 5.91 Å². The van der Waals surface area contributed by atoms with Gasteiger partial charge in [-0.2, -0.15) is 5.26 Å². The molecule has 3 N–H and O–H groups in total. The van der Waals surface area contributed by atoms with E-state index < -0.39 is 0 Å². The number of aryl methyl sites for hydroxylation is 1. The van der Waals surface area contributed by atoms with Crippen LogP contribution >= 0.6 is 0 Å². The van der Waals surface area contributed by atoms with E-state index in [9.17, 15) is 4.79 Å². The zero-order chi connectivity index (χ0) is 19.0. The molecule has 1 aliphatic rings. The van der Waals surface area contributed by atoms with Gasteiger partial charge >= 0.3 is 0 Å². The Kier molecular flexibility index (Phi) is 4.21. The summed E-state index contributed by atoms with van der Waals surface area (Å²) in [5.41, 5.74) is 9.20. The summed E-state index contributed by atoms with van der Waals surface area (Å²) in [5, 5.41) is 13.3. The molecular formula is C21H19N5O. The number of anilines is 2. The minimum atomic E-state index is -0.234. The van der Waals surface area contributed by atoms with Gasteiger partial charge in [0, 0.05) is 17.1 Å². The first-order valence-corrected chi connectivity index (χ1v) is 8.95. The van der Waals surface area contributed by atoms with Crippen molar-refractivity contribution in [3.05, 3.63) is 48.2 Å². The molecule has 0 spiro atoms. The number of nitriles is 1. The molecule has 0 unspecified atom stereocenters. The van der Waals surface area contributed by atoms with E-state index in [4.69, 9.17) is 11.0 Å². The number of nitrogens with zero attached hydrogens (tertiary/aromatic N) is 3. The number of hydrogen-bond donors (Lipinski definition) is 2. The molecule has 0 radical (unpaired) electrons. The third kappa shape index (κ3) is 3.20. The van der Waals surface area contributed by atoms with Crippen molar-refractivity contribution < 1.29 is 4.79 Å². The van der Waals surface area contributed by atoms with E-state index in [0.717, 1.165) is 28.5 Å². The van der Waals surface area contributed by atoms with Gasteiger partial charge in [-0.3, -0.25) is 4.79 Å². The van der Waals surface area contributed by atoms with Crippen LogP contribution in [0.15, 0.2) is 42.6 Å². The van der Waals surface area contributed by atoms with Crippen molar-refractivity contribution in [2.24, 2.45) is 11.8 Å². The number of nitrogens with one attached hydrogen (secondary N) is 1. The first-order valence-electron chi connectivity index (χ1n) is 8.95. The molecule has 1 aromatic carbocycles. The molecule has 0 aliphatic heterocycles. The van der Waals surface area contributed by atoms with Crippen molar-refractivity contribution in [3.63, 3.8) is 0 Å². The molecule has 1 saturated carbocycles. The number of aromatic nitrogens is 2. The second-order valence-corrected chi connectivity index (χ2v) is 6.76. The molecule has 1 amide bonds. The Bertz CT molecular complexity index is 1090. The molecule has 4 rings (SSSR count). The van der Waals surface area contributed by atoms with Crippen molar-refractivity contribution in [3.8, 4) is 17.3 Å². The molecular weight excluding hydrogens is 338 g/mol. The number of carbonyl (C=O) groups is 1. The molecule has 2 atom stereocenters. The minimum absolute atomic E-state index is 0.160. The number of benzene rings is 1. The summed E-state index contributed by atoms with van der Waals surface area (Å²) in [4.78, 5) is 21.0. The van der Waals surface area contributed by atoms with E-state index in [1.54, 1.807) is 12.3 Å². The van der Waals surface area contributed by atoms with E-state index >= 15 is 0 Å². The van der Waals surface area contributed by atoms with Crippen LogP contribution in [0, 0.1) is 23.2 Å². The number of carbonyl (C=O) groups excluding carboxylic acids is 1.